The molecule has 1 saturated heterocycles. The Hall–Kier alpha value is -4.24. The van der Waals surface area contributed by atoms with Gasteiger partial charge in [0.25, 0.3) is 11.8 Å². The van der Waals surface area contributed by atoms with Crippen molar-refractivity contribution in [3.8, 4) is 5.75 Å². The predicted molar refractivity (Wildman–Crippen MR) is 143 cm³/mol. The van der Waals surface area contributed by atoms with Gasteiger partial charge in [0.2, 0.25) is 5.91 Å². The quantitative estimate of drug-likeness (QED) is 0.498. The van der Waals surface area contributed by atoms with Crippen molar-refractivity contribution < 1.29 is 28.2 Å². The Morgan fingerprint density at radius 1 is 1.03 bits per heavy atom. The lowest BCUT2D eigenvalue weighted by Gasteiger charge is -2.42. The predicted octanol–water partition coefficient (Wildman–Crippen LogP) is 4.17. The molecule has 2 heterocycles. The Bertz CT molecular complexity index is 1370. The van der Waals surface area contributed by atoms with E-state index in [0.717, 1.165) is 11.6 Å². The molecule has 0 radical (unpaired) electrons. The van der Waals surface area contributed by atoms with E-state index in [4.69, 9.17) is 9.47 Å². The molecule has 0 aliphatic carbocycles. The number of rotatable bonds is 6. The second-order valence-electron chi connectivity index (χ2n) is 9.81. The summed E-state index contributed by atoms with van der Waals surface area (Å²) >= 11 is 0. The maximum absolute atomic E-state index is 13.5. The zero-order valence-electron chi connectivity index (χ0n) is 21.6. The Labute approximate surface area is 226 Å². The van der Waals surface area contributed by atoms with Crippen LogP contribution in [0.5, 0.6) is 5.75 Å². The number of fused-ring (bicyclic) bond motifs is 2. The van der Waals surface area contributed by atoms with Gasteiger partial charge in [-0.15, -0.1) is 0 Å². The summed E-state index contributed by atoms with van der Waals surface area (Å²) in [6.45, 7) is 0.673. The number of benzene rings is 3. The van der Waals surface area contributed by atoms with Crippen LogP contribution in [0.1, 0.15) is 45.5 Å². The SMILES string of the molecule is CN1C(=O)c2cc(NC(=O)c3cccc(F)c3)ccc2OC[C@H]2O[C@H](CC(=O)NCc3ccccc3)CC[C@@H]21. The number of amides is 3. The van der Waals surface area contributed by atoms with E-state index in [-0.39, 0.29) is 48.7 Å². The maximum atomic E-state index is 13.5. The van der Waals surface area contributed by atoms with Crippen molar-refractivity contribution in [2.75, 3.05) is 19.0 Å². The maximum Gasteiger partial charge on any atom is 0.257 e. The van der Waals surface area contributed by atoms with Gasteiger partial charge in [0.05, 0.1) is 24.1 Å². The first-order chi connectivity index (χ1) is 18.9. The summed E-state index contributed by atoms with van der Waals surface area (Å²) in [5.74, 6) is -0.965. The number of anilines is 1. The van der Waals surface area contributed by atoms with Gasteiger partial charge in [-0.05, 0) is 54.8 Å². The number of hydrogen-bond acceptors (Lipinski definition) is 5. The fraction of sp³-hybridized carbons (Fsp3) is 0.300. The molecule has 2 aliphatic rings. The fourth-order valence-electron chi connectivity index (χ4n) is 5.01. The first kappa shape index (κ1) is 26.4. The van der Waals surface area contributed by atoms with E-state index < -0.39 is 11.7 Å². The van der Waals surface area contributed by atoms with Crippen LogP contribution in [0.2, 0.25) is 0 Å². The highest BCUT2D eigenvalue weighted by molar-refractivity contribution is 6.05. The summed E-state index contributed by atoms with van der Waals surface area (Å²) in [4.78, 5) is 40.2. The lowest BCUT2D eigenvalue weighted by Crippen LogP contribution is -2.53. The van der Waals surface area contributed by atoms with Crippen LogP contribution in [-0.2, 0) is 16.1 Å². The molecule has 0 unspecified atom stereocenters. The zero-order valence-corrected chi connectivity index (χ0v) is 21.6. The van der Waals surface area contributed by atoms with Crippen molar-refractivity contribution in [1.82, 2.24) is 10.2 Å². The van der Waals surface area contributed by atoms with Gasteiger partial charge in [0.1, 0.15) is 24.3 Å². The molecular weight excluding hydrogens is 501 g/mol. The first-order valence-electron chi connectivity index (χ1n) is 12.9. The number of nitrogens with one attached hydrogen (secondary N) is 2. The van der Waals surface area contributed by atoms with Crippen molar-refractivity contribution in [1.29, 1.82) is 0 Å². The van der Waals surface area contributed by atoms with Crippen LogP contribution in [0.25, 0.3) is 0 Å². The Morgan fingerprint density at radius 2 is 1.85 bits per heavy atom. The van der Waals surface area contributed by atoms with Gasteiger partial charge in [0.15, 0.2) is 0 Å². The highest BCUT2D eigenvalue weighted by Crippen LogP contribution is 2.32. The highest BCUT2D eigenvalue weighted by atomic mass is 19.1. The van der Waals surface area contributed by atoms with E-state index in [1.807, 2.05) is 30.3 Å². The summed E-state index contributed by atoms with van der Waals surface area (Å²) in [5.41, 5.74) is 1.91. The van der Waals surface area contributed by atoms with E-state index >= 15 is 0 Å². The van der Waals surface area contributed by atoms with Crippen LogP contribution in [0, 0.1) is 5.82 Å². The fourth-order valence-corrected chi connectivity index (χ4v) is 5.01. The highest BCUT2D eigenvalue weighted by Gasteiger charge is 2.39. The van der Waals surface area contributed by atoms with Crippen molar-refractivity contribution in [3.63, 3.8) is 0 Å². The molecule has 2 N–H and O–H groups in total. The van der Waals surface area contributed by atoms with Gasteiger partial charge in [-0.25, -0.2) is 4.39 Å². The molecule has 0 saturated carbocycles. The molecule has 0 spiro atoms. The Balaban J connectivity index is 1.23. The molecule has 3 aromatic rings. The van der Waals surface area contributed by atoms with E-state index in [1.165, 1.54) is 18.2 Å². The van der Waals surface area contributed by atoms with Crippen LogP contribution in [0.4, 0.5) is 10.1 Å². The van der Waals surface area contributed by atoms with E-state index in [9.17, 15) is 18.8 Å². The summed E-state index contributed by atoms with van der Waals surface area (Å²) in [5, 5.41) is 5.65. The number of likely N-dealkylation sites (N-methyl/N-ethyl adjacent to an activating group) is 1. The van der Waals surface area contributed by atoms with Crippen molar-refractivity contribution in [2.24, 2.45) is 0 Å². The van der Waals surface area contributed by atoms with Crippen molar-refractivity contribution >= 4 is 23.4 Å². The standard InChI is InChI=1S/C30H30FN3O5/c1-34-25-12-11-23(16-28(35)32-17-19-6-3-2-4-7-19)39-27(25)18-38-26-13-10-22(15-24(26)30(34)37)33-29(36)20-8-5-9-21(31)14-20/h2-10,13-15,23,25,27H,11-12,16-18H2,1H3,(H,32,35)(H,33,36)/t23-,25-,27+/m0/s1. The molecular formula is C30H30FN3O5. The lowest BCUT2D eigenvalue weighted by atomic mass is 9.94. The molecule has 9 heteroatoms. The van der Waals surface area contributed by atoms with E-state index in [1.54, 1.807) is 30.1 Å². The third-order valence-corrected chi connectivity index (χ3v) is 7.10. The second kappa shape index (κ2) is 11.7. The van der Waals surface area contributed by atoms with Gasteiger partial charge >= 0.3 is 0 Å². The van der Waals surface area contributed by atoms with Gasteiger partial charge in [-0.1, -0.05) is 36.4 Å². The minimum Gasteiger partial charge on any atom is -0.490 e. The molecule has 5 rings (SSSR count). The van der Waals surface area contributed by atoms with Gasteiger partial charge in [0, 0.05) is 24.8 Å². The van der Waals surface area contributed by atoms with Crippen LogP contribution in [0.15, 0.2) is 72.8 Å². The topological polar surface area (TPSA) is 97.0 Å². The molecule has 3 amide bonds. The van der Waals surface area contributed by atoms with Crippen LogP contribution < -0.4 is 15.4 Å². The summed E-state index contributed by atoms with van der Waals surface area (Å²) in [7, 11) is 1.73. The Kier molecular flexibility index (Phi) is 7.88. The Morgan fingerprint density at radius 3 is 2.64 bits per heavy atom. The number of carbonyl (C=O) groups is 3. The van der Waals surface area contributed by atoms with Gasteiger partial charge < -0.3 is 25.0 Å². The molecule has 202 valence electrons. The van der Waals surface area contributed by atoms with Crippen LogP contribution in [-0.4, -0.2) is 54.5 Å². The smallest absolute Gasteiger partial charge is 0.257 e. The molecule has 8 nitrogen and oxygen atoms in total. The molecule has 1 fully saturated rings. The summed E-state index contributed by atoms with van der Waals surface area (Å²) in [6, 6.07) is 19.7. The average Bonchev–Trinajstić information content (AvgIpc) is 2.94. The monoisotopic (exact) mass is 531 g/mol. The zero-order chi connectivity index (χ0) is 27.4. The molecule has 2 aliphatic heterocycles. The van der Waals surface area contributed by atoms with Gasteiger partial charge in [-0.2, -0.15) is 0 Å². The van der Waals surface area contributed by atoms with E-state index in [0.29, 0.717) is 36.4 Å². The number of ether oxygens (including phenoxy) is 2. The number of halogens is 1. The van der Waals surface area contributed by atoms with E-state index in [2.05, 4.69) is 10.6 Å². The van der Waals surface area contributed by atoms with Gasteiger partial charge in [-0.3, -0.25) is 14.4 Å². The average molecular weight is 532 g/mol. The van der Waals surface area contributed by atoms with Crippen molar-refractivity contribution in [3.05, 3.63) is 95.3 Å². The number of hydrogen-bond donors (Lipinski definition) is 2. The first-order valence-corrected chi connectivity index (χ1v) is 12.9. The summed E-state index contributed by atoms with van der Waals surface area (Å²) < 4.78 is 25.8. The number of carbonyl (C=O) groups excluding carboxylic acids is 3. The normalized spacial score (nSPS) is 20.5. The van der Waals surface area contributed by atoms with Crippen LogP contribution in [0.3, 0.4) is 0 Å². The minimum atomic E-state index is -0.509. The third kappa shape index (κ3) is 6.26. The minimum absolute atomic E-state index is 0.0864. The lowest BCUT2D eigenvalue weighted by molar-refractivity contribution is -0.134. The largest absolute Gasteiger partial charge is 0.490 e. The molecule has 0 bridgehead atoms. The van der Waals surface area contributed by atoms with Crippen molar-refractivity contribution in [2.45, 2.75) is 44.1 Å². The molecule has 39 heavy (non-hydrogen) atoms. The molecule has 3 aromatic carbocycles. The second-order valence-corrected chi connectivity index (χ2v) is 9.81. The molecule has 3 atom stereocenters. The molecule has 0 aromatic heterocycles. The number of nitrogens with zero attached hydrogens (tertiary/aromatic N) is 1. The third-order valence-electron chi connectivity index (χ3n) is 7.10. The summed E-state index contributed by atoms with van der Waals surface area (Å²) in [6.07, 6.45) is 0.874. The van der Waals surface area contributed by atoms with Crippen LogP contribution >= 0.6 is 0 Å².